The van der Waals surface area contributed by atoms with Gasteiger partial charge in [-0.05, 0) is 12.5 Å². The number of hydrogen-bond acceptors (Lipinski definition) is 2. The van der Waals surface area contributed by atoms with E-state index in [0.29, 0.717) is 0 Å². The van der Waals surface area contributed by atoms with E-state index in [4.69, 9.17) is 0 Å². The lowest BCUT2D eigenvalue weighted by Gasteiger charge is -2.13. The van der Waals surface area contributed by atoms with Crippen molar-refractivity contribution >= 4 is 6.03 Å². The van der Waals surface area contributed by atoms with Crippen molar-refractivity contribution in [1.29, 1.82) is 0 Å². The summed E-state index contributed by atoms with van der Waals surface area (Å²) >= 11 is 0. The lowest BCUT2D eigenvalue weighted by atomic mass is 10.1. The summed E-state index contributed by atoms with van der Waals surface area (Å²) in [6, 6.07) is 9.64. The van der Waals surface area contributed by atoms with E-state index in [1.807, 2.05) is 37.3 Å². The summed E-state index contributed by atoms with van der Waals surface area (Å²) in [5, 5.41) is 2.88. The molecule has 2 rings (SSSR count). The van der Waals surface area contributed by atoms with E-state index < -0.39 is 0 Å². The summed E-state index contributed by atoms with van der Waals surface area (Å²) in [6.07, 6.45) is 4.67. The van der Waals surface area contributed by atoms with Gasteiger partial charge in [0.15, 0.2) is 0 Å². The Morgan fingerprint density at radius 3 is 2.75 bits per heavy atom. The second-order valence-electron chi connectivity index (χ2n) is 3.55. The molecule has 1 aromatic heterocycles. The Morgan fingerprint density at radius 2 is 2.12 bits per heavy atom. The van der Waals surface area contributed by atoms with Crippen molar-refractivity contribution in [1.82, 2.24) is 14.9 Å². The zero-order chi connectivity index (χ0) is 11.4. The fraction of sp³-hybridized carbons (Fsp3) is 0.167. The maximum absolute atomic E-state index is 11.7. The van der Waals surface area contributed by atoms with Gasteiger partial charge in [-0.1, -0.05) is 30.3 Å². The molecule has 1 atom stereocenters. The van der Waals surface area contributed by atoms with Gasteiger partial charge in [0.2, 0.25) is 0 Å². The van der Waals surface area contributed by atoms with Crippen molar-refractivity contribution < 1.29 is 4.79 Å². The van der Waals surface area contributed by atoms with E-state index >= 15 is 0 Å². The summed E-state index contributed by atoms with van der Waals surface area (Å²) < 4.78 is 1.42. The largest absolute Gasteiger partial charge is 0.331 e. The fourth-order valence-electron chi connectivity index (χ4n) is 1.46. The lowest BCUT2D eigenvalue weighted by Crippen LogP contribution is -2.30. The molecular weight excluding hydrogens is 202 g/mol. The van der Waals surface area contributed by atoms with Gasteiger partial charge in [0.05, 0.1) is 6.04 Å². The molecule has 4 nitrogen and oxygen atoms in total. The summed E-state index contributed by atoms with van der Waals surface area (Å²) in [5.74, 6) is 0. The lowest BCUT2D eigenvalue weighted by molar-refractivity contribution is 0.239. The minimum Gasteiger partial charge on any atom is -0.331 e. The third kappa shape index (κ3) is 2.28. The molecule has 0 saturated heterocycles. The zero-order valence-corrected chi connectivity index (χ0v) is 9.00. The van der Waals surface area contributed by atoms with Crippen LogP contribution in [0.3, 0.4) is 0 Å². The molecule has 1 N–H and O–H groups in total. The molecule has 16 heavy (non-hydrogen) atoms. The third-order valence-electron chi connectivity index (χ3n) is 2.38. The molecule has 0 saturated carbocycles. The quantitative estimate of drug-likeness (QED) is 0.834. The molecule has 1 aromatic carbocycles. The van der Waals surface area contributed by atoms with Gasteiger partial charge in [0, 0.05) is 12.4 Å². The van der Waals surface area contributed by atoms with Crippen molar-refractivity contribution in [3.05, 3.63) is 54.6 Å². The first kappa shape index (κ1) is 10.4. The van der Waals surface area contributed by atoms with Gasteiger partial charge < -0.3 is 5.32 Å². The van der Waals surface area contributed by atoms with Crippen molar-refractivity contribution in [2.75, 3.05) is 0 Å². The normalized spacial score (nSPS) is 12.1. The molecule has 0 unspecified atom stereocenters. The first-order valence-electron chi connectivity index (χ1n) is 5.11. The predicted molar refractivity (Wildman–Crippen MR) is 61.0 cm³/mol. The molecular formula is C12H13N3O. The van der Waals surface area contributed by atoms with E-state index in [1.165, 1.54) is 10.9 Å². The van der Waals surface area contributed by atoms with Gasteiger partial charge >= 0.3 is 6.03 Å². The molecule has 82 valence electrons. The molecule has 0 aliphatic rings. The number of nitrogens with zero attached hydrogens (tertiary/aromatic N) is 2. The maximum Gasteiger partial charge on any atom is 0.327 e. The van der Waals surface area contributed by atoms with Crippen LogP contribution in [0.2, 0.25) is 0 Å². The highest BCUT2D eigenvalue weighted by Crippen LogP contribution is 2.10. The smallest absolute Gasteiger partial charge is 0.327 e. The number of nitrogens with one attached hydrogen (secondary N) is 1. The molecule has 0 bridgehead atoms. The van der Waals surface area contributed by atoms with Crippen LogP contribution >= 0.6 is 0 Å². The number of rotatable bonds is 2. The number of amides is 1. The standard InChI is InChI=1S/C12H13N3O/c1-10(11-5-3-2-4-6-11)14-12(16)15-8-7-13-9-15/h2-10H,1H3,(H,14,16)/t10-/m0/s1. The summed E-state index contributed by atoms with van der Waals surface area (Å²) in [5.41, 5.74) is 1.08. The molecule has 0 radical (unpaired) electrons. The second kappa shape index (κ2) is 4.61. The SMILES string of the molecule is C[C@H](NC(=O)n1ccnc1)c1ccccc1. The molecule has 1 amide bonds. The molecule has 0 fully saturated rings. The Kier molecular flexibility index (Phi) is 3.00. The van der Waals surface area contributed by atoms with Crippen LogP contribution in [0.1, 0.15) is 18.5 Å². The van der Waals surface area contributed by atoms with Crippen molar-refractivity contribution in [3.8, 4) is 0 Å². The Bertz CT molecular complexity index is 450. The minimum atomic E-state index is -0.172. The molecule has 0 aliphatic carbocycles. The van der Waals surface area contributed by atoms with Crippen molar-refractivity contribution in [2.45, 2.75) is 13.0 Å². The third-order valence-corrected chi connectivity index (χ3v) is 2.38. The maximum atomic E-state index is 11.7. The predicted octanol–water partition coefficient (Wildman–Crippen LogP) is 2.20. The molecule has 0 spiro atoms. The number of aromatic nitrogens is 2. The van der Waals surface area contributed by atoms with E-state index in [1.54, 1.807) is 12.4 Å². The molecule has 2 aromatic rings. The van der Waals surface area contributed by atoms with E-state index in [-0.39, 0.29) is 12.1 Å². The fourth-order valence-corrected chi connectivity index (χ4v) is 1.46. The highest BCUT2D eigenvalue weighted by Gasteiger charge is 2.09. The van der Waals surface area contributed by atoms with Crippen LogP contribution in [0.4, 0.5) is 4.79 Å². The summed E-state index contributed by atoms with van der Waals surface area (Å²) in [6.45, 7) is 1.95. The number of imidazole rings is 1. The van der Waals surface area contributed by atoms with Gasteiger partial charge in [0.25, 0.3) is 0 Å². The van der Waals surface area contributed by atoms with Gasteiger partial charge in [-0.2, -0.15) is 0 Å². The Balaban J connectivity index is 2.03. The van der Waals surface area contributed by atoms with Gasteiger partial charge in [-0.15, -0.1) is 0 Å². The van der Waals surface area contributed by atoms with Crippen LogP contribution in [0, 0.1) is 0 Å². The first-order chi connectivity index (χ1) is 7.77. The average Bonchev–Trinajstić information content (AvgIpc) is 2.83. The van der Waals surface area contributed by atoms with Crippen LogP contribution in [-0.2, 0) is 0 Å². The molecule has 1 heterocycles. The molecule has 0 aliphatic heterocycles. The van der Waals surface area contributed by atoms with E-state index in [2.05, 4.69) is 10.3 Å². The van der Waals surface area contributed by atoms with Crippen molar-refractivity contribution in [3.63, 3.8) is 0 Å². The topological polar surface area (TPSA) is 46.9 Å². The Labute approximate surface area is 93.9 Å². The van der Waals surface area contributed by atoms with Crippen molar-refractivity contribution in [2.24, 2.45) is 0 Å². The Morgan fingerprint density at radius 1 is 1.38 bits per heavy atom. The van der Waals surface area contributed by atoms with Crippen LogP contribution < -0.4 is 5.32 Å². The van der Waals surface area contributed by atoms with E-state index in [9.17, 15) is 4.79 Å². The number of carbonyl (C=O) groups excluding carboxylic acids is 1. The van der Waals surface area contributed by atoms with Crippen LogP contribution in [0.15, 0.2) is 49.1 Å². The van der Waals surface area contributed by atoms with E-state index in [0.717, 1.165) is 5.56 Å². The van der Waals surface area contributed by atoms with Crippen LogP contribution in [0.5, 0.6) is 0 Å². The average molecular weight is 215 g/mol. The monoisotopic (exact) mass is 215 g/mol. The summed E-state index contributed by atoms with van der Waals surface area (Å²) in [4.78, 5) is 15.5. The van der Waals surface area contributed by atoms with Crippen LogP contribution in [-0.4, -0.2) is 15.6 Å². The minimum absolute atomic E-state index is 0.0175. The summed E-state index contributed by atoms with van der Waals surface area (Å²) in [7, 11) is 0. The second-order valence-corrected chi connectivity index (χ2v) is 3.55. The number of hydrogen-bond donors (Lipinski definition) is 1. The Hall–Kier alpha value is -2.10. The van der Waals surface area contributed by atoms with Crippen LogP contribution in [0.25, 0.3) is 0 Å². The first-order valence-corrected chi connectivity index (χ1v) is 5.11. The highest BCUT2D eigenvalue weighted by molar-refractivity contribution is 5.76. The van der Waals surface area contributed by atoms with Gasteiger partial charge in [-0.25, -0.2) is 9.78 Å². The number of benzene rings is 1. The van der Waals surface area contributed by atoms with Gasteiger partial charge in [-0.3, -0.25) is 4.57 Å². The molecule has 4 heteroatoms. The number of carbonyl (C=O) groups is 1. The van der Waals surface area contributed by atoms with Gasteiger partial charge in [0.1, 0.15) is 6.33 Å². The highest BCUT2D eigenvalue weighted by atomic mass is 16.2. The zero-order valence-electron chi connectivity index (χ0n) is 9.00.